The highest BCUT2D eigenvalue weighted by Crippen LogP contribution is 2.25. The van der Waals surface area contributed by atoms with Crippen LogP contribution in [0, 0.1) is 0 Å². The predicted octanol–water partition coefficient (Wildman–Crippen LogP) is 4.50. The van der Waals surface area contributed by atoms with Crippen LogP contribution in [0.5, 0.6) is 0 Å². The highest BCUT2D eigenvalue weighted by molar-refractivity contribution is 5.29. The van der Waals surface area contributed by atoms with E-state index in [1.807, 2.05) is 0 Å². The van der Waals surface area contributed by atoms with Crippen molar-refractivity contribution < 1.29 is 0 Å². The van der Waals surface area contributed by atoms with Gasteiger partial charge in [-0.2, -0.15) is 0 Å². The van der Waals surface area contributed by atoms with Crippen molar-refractivity contribution in [2.75, 3.05) is 0 Å². The minimum atomic E-state index is 0.272. The van der Waals surface area contributed by atoms with Crippen molar-refractivity contribution in [3.8, 4) is 0 Å². The Morgan fingerprint density at radius 3 is 1.93 bits per heavy atom. The highest BCUT2D eigenvalue weighted by atomic mass is 14.2. The van der Waals surface area contributed by atoms with Crippen molar-refractivity contribution in [2.45, 2.75) is 52.4 Å². The van der Waals surface area contributed by atoms with Crippen molar-refractivity contribution in [1.82, 2.24) is 0 Å². The molecule has 0 amide bonds. The van der Waals surface area contributed by atoms with Crippen LogP contribution in [0.3, 0.4) is 0 Å². The molecule has 0 aliphatic heterocycles. The fourth-order valence-corrected chi connectivity index (χ4v) is 1.55. The normalized spacial score (nSPS) is 14.1. The van der Waals surface area contributed by atoms with Gasteiger partial charge in [0.15, 0.2) is 0 Å². The topological polar surface area (TPSA) is 0 Å². The standard InChI is InChI=1S/C14H22/c1-6-11(2)12-7-9-13(10-8-12)14(3,4)5/h7-11H,6H2,1-5H3. The van der Waals surface area contributed by atoms with Gasteiger partial charge in [0.2, 0.25) is 0 Å². The molecule has 0 aromatic heterocycles. The molecular weight excluding hydrogens is 168 g/mol. The van der Waals surface area contributed by atoms with E-state index in [4.69, 9.17) is 0 Å². The van der Waals surface area contributed by atoms with E-state index in [2.05, 4.69) is 58.9 Å². The lowest BCUT2D eigenvalue weighted by Crippen LogP contribution is -2.10. The summed E-state index contributed by atoms with van der Waals surface area (Å²) in [4.78, 5) is 0. The van der Waals surface area contributed by atoms with E-state index in [9.17, 15) is 0 Å². The summed E-state index contributed by atoms with van der Waals surface area (Å²) in [6.07, 6.45) is 1.22. The lowest BCUT2D eigenvalue weighted by atomic mass is 9.85. The second-order valence-corrected chi connectivity index (χ2v) is 5.18. The van der Waals surface area contributed by atoms with Crippen molar-refractivity contribution in [2.24, 2.45) is 0 Å². The summed E-state index contributed by atoms with van der Waals surface area (Å²) in [5.74, 6) is 0.684. The molecule has 1 aromatic carbocycles. The van der Waals surface area contributed by atoms with E-state index in [-0.39, 0.29) is 5.41 Å². The molecule has 1 aromatic rings. The van der Waals surface area contributed by atoms with Crippen LogP contribution in [0.4, 0.5) is 0 Å². The predicted molar refractivity (Wildman–Crippen MR) is 63.8 cm³/mol. The van der Waals surface area contributed by atoms with Crippen LogP contribution in [-0.4, -0.2) is 0 Å². The fourth-order valence-electron chi connectivity index (χ4n) is 1.55. The van der Waals surface area contributed by atoms with E-state index < -0.39 is 0 Å². The minimum absolute atomic E-state index is 0.272. The van der Waals surface area contributed by atoms with Gasteiger partial charge in [-0.25, -0.2) is 0 Å². The Balaban J connectivity index is 2.89. The second kappa shape index (κ2) is 4.16. The highest BCUT2D eigenvalue weighted by Gasteiger charge is 2.13. The molecule has 0 aliphatic rings. The monoisotopic (exact) mass is 190 g/mol. The molecule has 0 saturated carbocycles. The first-order valence-corrected chi connectivity index (χ1v) is 5.55. The van der Waals surface area contributed by atoms with Crippen LogP contribution in [0.15, 0.2) is 24.3 Å². The third-order valence-corrected chi connectivity index (χ3v) is 2.96. The summed E-state index contributed by atoms with van der Waals surface area (Å²) in [6.45, 7) is 11.3. The molecule has 0 nitrogen and oxygen atoms in total. The van der Waals surface area contributed by atoms with E-state index in [0.717, 1.165) is 0 Å². The first-order valence-electron chi connectivity index (χ1n) is 5.55. The van der Waals surface area contributed by atoms with Gasteiger partial charge >= 0.3 is 0 Å². The van der Waals surface area contributed by atoms with Crippen LogP contribution in [0.25, 0.3) is 0 Å². The van der Waals surface area contributed by atoms with Crippen LogP contribution in [0.1, 0.15) is 58.1 Å². The summed E-state index contributed by atoms with van der Waals surface area (Å²) in [6, 6.07) is 9.08. The molecule has 14 heavy (non-hydrogen) atoms. The zero-order chi connectivity index (χ0) is 10.8. The number of hydrogen-bond acceptors (Lipinski definition) is 0. The molecule has 0 heterocycles. The lowest BCUT2D eigenvalue weighted by molar-refractivity contribution is 0.589. The maximum atomic E-state index is 2.28. The summed E-state index contributed by atoms with van der Waals surface area (Å²) in [5, 5.41) is 0. The SMILES string of the molecule is CCC(C)c1ccc(C(C)(C)C)cc1. The van der Waals surface area contributed by atoms with Gasteiger partial charge in [-0.1, -0.05) is 58.9 Å². The van der Waals surface area contributed by atoms with Gasteiger partial charge in [-0.05, 0) is 28.9 Å². The number of rotatable bonds is 2. The van der Waals surface area contributed by atoms with E-state index in [0.29, 0.717) is 5.92 Å². The maximum absolute atomic E-state index is 2.28. The molecule has 0 saturated heterocycles. The van der Waals surface area contributed by atoms with Gasteiger partial charge in [0, 0.05) is 0 Å². The largest absolute Gasteiger partial charge is 0.0648 e. The average molecular weight is 190 g/mol. The van der Waals surface area contributed by atoms with Crippen molar-refractivity contribution in [3.05, 3.63) is 35.4 Å². The summed E-state index contributed by atoms with van der Waals surface area (Å²) >= 11 is 0. The van der Waals surface area contributed by atoms with Gasteiger partial charge in [0.05, 0.1) is 0 Å². The maximum Gasteiger partial charge on any atom is -0.0132 e. The number of hydrogen-bond donors (Lipinski definition) is 0. The smallest absolute Gasteiger partial charge is 0.0132 e. The van der Waals surface area contributed by atoms with E-state index in [1.165, 1.54) is 17.5 Å². The molecular formula is C14H22. The Bertz CT molecular complexity index is 274. The molecule has 1 unspecified atom stereocenters. The summed E-state index contributed by atoms with van der Waals surface area (Å²) < 4.78 is 0. The Labute approximate surface area is 88.4 Å². The van der Waals surface area contributed by atoms with Gasteiger partial charge < -0.3 is 0 Å². The zero-order valence-corrected chi connectivity index (χ0v) is 10.1. The van der Waals surface area contributed by atoms with Crippen molar-refractivity contribution in [3.63, 3.8) is 0 Å². The molecule has 0 heteroatoms. The first-order chi connectivity index (χ1) is 6.45. The minimum Gasteiger partial charge on any atom is -0.0648 e. The Morgan fingerprint density at radius 1 is 1.07 bits per heavy atom. The Kier molecular flexibility index (Phi) is 3.36. The zero-order valence-electron chi connectivity index (χ0n) is 10.1. The third-order valence-electron chi connectivity index (χ3n) is 2.96. The van der Waals surface area contributed by atoms with Gasteiger partial charge in [0.1, 0.15) is 0 Å². The van der Waals surface area contributed by atoms with Crippen LogP contribution in [0.2, 0.25) is 0 Å². The third kappa shape index (κ3) is 2.60. The molecule has 78 valence electrons. The Morgan fingerprint density at radius 2 is 1.57 bits per heavy atom. The molecule has 0 spiro atoms. The molecule has 1 rings (SSSR count). The molecule has 1 atom stereocenters. The molecule has 0 N–H and O–H groups in total. The average Bonchev–Trinajstić information content (AvgIpc) is 2.15. The van der Waals surface area contributed by atoms with Crippen molar-refractivity contribution in [1.29, 1.82) is 0 Å². The molecule has 0 aliphatic carbocycles. The lowest BCUT2D eigenvalue weighted by Gasteiger charge is -2.20. The van der Waals surface area contributed by atoms with Crippen LogP contribution in [-0.2, 0) is 5.41 Å². The Hall–Kier alpha value is -0.780. The molecule has 0 fully saturated rings. The first kappa shape index (κ1) is 11.3. The number of benzene rings is 1. The van der Waals surface area contributed by atoms with Crippen molar-refractivity contribution >= 4 is 0 Å². The quantitative estimate of drug-likeness (QED) is 0.644. The molecule has 0 bridgehead atoms. The summed E-state index contributed by atoms with van der Waals surface area (Å²) in [7, 11) is 0. The summed E-state index contributed by atoms with van der Waals surface area (Å²) in [5.41, 5.74) is 3.15. The fraction of sp³-hybridized carbons (Fsp3) is 0.571. The van der Waals surface area contributed by atoms with Crippen LogP contribution >= 0.6 is 0 Å². The van der Waals surface area contributed by atoms with E-state index >= 15 is 0 Å². The second-order valence-electron chi connectivity index (χ2n) is 5.18. The van der Waals surface area contributed by atoms with Gasteiger partial charge in [0.25, 0.3) is 0 Å². The van der Waals surface area contributed by atoms with Gasteiger partial charge in [-0.15, -0.1) is 0 Å². The van der Waals surface area contributed by atoms with E-state index in [1.54, 1.807) is 0 Å². The van der Waals surface area contributed by atoms with Crippen LogP contribution < -0.4 is 0 Å². The molecule has 0 radical (unpaired) electrons. The van der Waals surface area contributed by atoms with Gasteiger partial charge in [-0.3, -0.25) is 0 Å².